The predicted molar refractivity (Wildman–Crippen MR) is 386 cm³/mol. The molecule has 0 atom stereocenters. The molecule has 0 unspecified atom stereocenters. The van der Waals surface area contributed by atoms with Crippen LogP contribution in [0.5, 0.6) is 0 Å². The second kappa shape index (κ2) is 25.2. The van der Waals surface area contributed by atoms with Gasteiger partial charge in [-0.25, -0.2) is 39.9 Å². The maximum absolute atomic E-state index is 5.08. The van der Waals surface area contributed by atoms with Crippen molar-refractivity contribution in [2.24, 2.45) is 0 Å². The molecule has 0 spiro atoms. The Labute approximate surface area is 553 Å². The molecule has 12 aromatic carbocycles. The molecule has 440 valence electrons. The predicted octanol–water partition coefficient (Wildman–Crippen LogP) is 21.4. The summed E-state index contributed by atoms with van der Waals surface area (Å²) in [6, 6.07) is 104. The number of benzene rings is 12. The minimum atomic E-state index is 0.622. The van der Waals surface area contributed by atoms with Crippen LogP contribution >= 0.6 is 38.6 Å². The highest BCUT2D eigenvalue weighted by molar-refractivity contribution is 9.10. The molecule has 12 heteroatoms. The van der Waals surface area contributed by atoms with E-state index < -0.39 is 0 Å². The molecule has 5 heterocycles. The zero-order valence-electron chi connectivity index (χ0n) is 49.8. The lowest BCUT2D eigenvalue weighted by Crippen LogP contribution is -2.03. The van der Waals surface area contributed by atoms with Crippen LogP contribution in [0.3, 0.4) is 0 Å². The van der Waals surface area contributed by atoms with Crippen LogP contribution in [0.2, 0.25) is 0 Å². The minimum absolute atomic E-state index is 0.622. The van der Waals surface area contributed by atoms with E-state index in [0.717, 1.165) is 87.6 Å². The first-order valence-corrected chi connectivity index (χ1v) is 33.0. The zero-order valence-corrected chi connectivity index (χ0v) is 53.0. The van der Waals surface area contributed by atoms with Crippen LogP contribution in [-0.4, -0.2) is 44.4 Å². The van der Waals surface area contributed by atoms with Gasteiger partial charge in [0.05, 0.1) is 37.2 Å². The van der Waals surface area contributed by atoms with Crippen molar-refractivity contribution in [3.63, 3.8) is 0 Å². The monoisotopic (exact) mass is 1290 g/mol. The van der Waals surface area contributed by atoms with E-state index >= 15 is 0 Å². The fourth-order valence-corrected chi connectivity index (χ4v) is 14.4. The topological polar surface area (TPSA) is 108 Å². The highest BCUT2D eigenvalue weighted by Crippen LogP contribution is 2.42. The van der Waals surface area contributed by atoms with E-state index in [9.17, 15) is 0 Å². The number of hydrogen-bond donors (Lipinski definition) is 0. The van der Waals surface area contributed by atoms with Gasteiger partial charge in [-0.3, -0.25) is 0 Å². The van der Waals surface area contributed by atoms with E-state index in [1.807, 2.05) is 164 Å². The summed E-state index contributed by atoms with van der Waals surface area (Å²) in [6.07, 6.45) is 1.03. The molecule has 0 N–H and O–H groups in total. The van der Waals surface area contributed by atoms with Crippen LogP contribution in [0.15, 0.2) is 308 Å². The van der Waals surface area contributed by atoms with Crippen molar-refractivity contribution in [1.29, 1.82) is 0 Å². The van der Waals surface area contributed by atoms with Gasteiger partial charge >= 0.3 is 0 Å². The highest BCUT2D eigenvalue weighted by Gasteiger charge is 2.22. The molecule has 0 saturated heterocycles. The summed E-state index contributed by atoms with van der Waals surface area (Å²) in [6.45, 7) is 0. The fraction of sp³-hybridized carbons (Fsp3) is 0.0123. The van der Waals surface area contributed by atoms with Gasteiger partial charge in [-0.2, -0.15) is 0 Å². The number of hydrogen-bond acceptors (Lipinski definition) is 10. The third-order valence-electron chi connectivity index (χ3n) is 16.4. The Morgan fingerprint density at radius 3 is 1.25 bits per heavy atom. The van der Waals surface area contributed by atoms with Gasteiger partial charge in [-0.05, 0) is 89.3 Å². The maximum atomic E-state index is 5.08. The summed E-state index contributed by atoms with van der Waals surface area (Å²) in [4.78, 5) is 38.9. The van der Waals surface area contributed by atoms with E-state index in [0.29, 0.717) is 34.9 Å². The van der Waals surface area contributed by atoms with E-state index in [1.54, 1.807) is 22.7 Å². The van der Waals surface area contributed by atoms with Gasteiger partial charge in [-0.1, -0.05) is 259 Å². The average Bonchev–Trinajstić information content (AvgIpc) is 1.61. The van der Waals surface area contributed by atoms with Crippen LogP contribution in [0, 0.1) is 0 Å². The van der Waals surface area contributed by atoms with Gasteiger partial charge < -0.3 is 4.57 Å². The van der Waals surface area contributed by atoms with Crippen molar-refractivity contribution < 1.29 is 0 Å². The number of nitrogens with zero attached hydrogens (tertiary/aromatic N) is 9. The molecular formula is C81H52BrN9S2. The molecule has 0 aliphatic heterocycles. The van der Waals surface area contributed by atoms with E-state index in [2.05, 4.69) is 160 Å². The summed E-state index contributed by atoms with van der Waals surface area (Å²) in [5.41, 5.74) is 18.9. The largest absolute Gasteiger partial charge is 0.308 e. The molecule has 18 rings (SSSR count). The molecule has 93 heavy (non-hydrogen) atoms. The summed E-state index contributed by atoms with van der Waals surface area (Å²) in [5.74, 6) is 3.89. The maximum Gasteiger partial charge on any atom is 0.166 e. The lowest BCUT2D eigenvalue weighted by Gasteiger charge is -2.14. The van der Waals surface area contributed by atoms with Gasteiger partial charge in [0, 0.05) is 59.8 Å². The van der Waals surface area contributed by atoms with Gasteiger partial charge in [0.2, 0.25) is 0 Å². The summed E-state index contributed by atoms with van der Waals surface area (Å²) >= 11 is 7.08. The third kappa shape index (κ3) is 11.5. The number of thiazole rings is 2. The molecule has 0 bridgehead atoms. The molecular weight excluding hydrogens is 1240 g/mol. The van der Waals surface area contributed by atoms with Gasteiger partial charge in [0.1, 0.15) is 10.0 Å². The SMILES string of the molecule is Brc1ccccc1-c1nc(-c2ccccc2)nc(-c2ccccc2)n1.c1ccc(-c2nc(-c3ccccc3)nc(-c3ccccc3-n3c4ccccc4c4ccc(-c5nc6ccccc6s5)cc43)n2)cc1.c1ccc2c(c1)Cc1cc(-c3nc4ccccc4s3)ccc1-2. The average molecular weight is 1300 g/mol. The molecule has 9 nitrogen and oxygen atoms in total. The Morgan fingerprint density at radius 2 is 0.688 bits per heavy atom. The van der Waals surface area contributed by atoms with Crippen molar-refractivity contribution >= 4 is 80.8 Å². The van der Waals surface area contributed by atoms with Gasteiger partial charge in [-0.15, -0.1) is 22.7 Å². The number of rotatable bonds is 9. The quantitative estimate of drug-likeness (QED) is 0.141. The van der Waals surface area contributed by atoms with Crippen LogP contribution < -0.4 is 0 Å². The van der Waals surface area contributed by atoms with Crippen molar-refractivity contribution in [2.75, 3.05) is 0 Å². The smallest absolute Gasteiger partial charge is 0.166 e. The van der Waals surface area contributed by atoms with Gasteiger partial charge in [0.15, 0.2) is 34.9 Å². The lowest BCUT2D eigenvalue weighted by atomic mass is 10.0. The van der Waals surface area contributed by atoms with Crippen molar-refractivity contribution in [3.8, 4) is 106 Å². The second-order valence-corrected chi connectivity index (χ2v) is 25.3. The summed E-state index contributed by atoms with van der Waals surface area (Å²) in [5, 5.41) is 4.49. The van der Waals surface area contributed by atoms with E-state index in [1.165, 1.54) is 48.0 Å². The number of halogens is 1. The summed E-state index contributed by atoms with van der Waals surface area (Å²) < 4.78 is 5.73. The Morgan fingerprint density at radius 1 is 0.280 bits per heavy atom. The summed E-state index contributed by atoms with van der Waals surface area (Å²) in [7, 11) is 0. The number of fused-ring (bicyclic) bond motifs is 8. The number of para-hydroxylation sites is 4. The Hall–Kier alpha value is -11.3. The van der Waals surface area contributed by atoms with Crippen LogP contribution in [0.25, 0.3) is 149 Å². The number of aromatic nitrogens is 9. The van der Waals surface area contributed by atoms with E-state index in [4.69, 9.17) is 39.9 Å². The molecule has 0 saturated carbocycles. The van der Waals surface area contributed by atoms with Crippen molar-refractivity contribution in [2.45, 2.75) is 6.42 Å². The molecule has 0 amide bonds. The Bertz CT molecular complexity index is 5400. The normalized spacial score (nSPS) is 11.5. The van der Waals surface area contributed by atoms with Crippen LogP contribution in [-0.2, 0) is 6.42 Å². The molecule has 17 aromatic rings. The van der Waals surface area contributed by atoms with Crippen molar-refractivity contribution in [3.05, 3.63) is 319 Å². The van der Waals surface area contributed by atoms with Crippen molar-refractivity contribution in [1.82, 2.24) is 44.4 Å². The molecule has 5 aromatic heterocycles. The minimum Gasteiger partial charge on any atom is -0.308 e. The highest BCUT2D eigenvalue weighted by atomic mass is 79.9. The molecule has 1 aliphatic rings. The first kappa shape index (κ1) is 56.9. The van der Waals surface area contributed by atoms with Gasteiger partial charge in [0.25, 0.3) is 0 Å². The van der Waals surface area contributed by atoms with Crippen LogP contribution in [0.4, 0.5) is 0 Å². The zero-order chi connectivity index (χ0) is 62.0. The first-order chi connectivity index (χ1) is 46.0. The Balaban J connectivity index is 0.000000122. The van der Waals surface area contributed by atoms with Crippen LogP contribution in [0.1, 0.15) is 11.1 Å². The standard InChI is InChI=1S/C40H25N5S.C21H14BrN3.C20H13NS/c1-3-13-26(14-4-1)37-42-38(27-15-5-2-6-16-27)44-39(43-37)31-18-8-11-21-34(31)45-33-20-10-7-17-29(33)30-24-23-28(25-35(30)45)40-41-32-19-9-12-22-36(32)46-40;22-18-14-8-7-13-17(18)21-24-19(15-9-3-1-4-10-15)23-20(25-21)16-11-5-2-6-12-16;1-2-6-16-13(5-1)11-15-12-14(9-10-17(15)16)20-21-18-7-3-4-8-19(18)22-20/h1-25H;1-14H;1-10,12H,11H2. The second-order valence-electron chi connectivity index (χ2n) is 22.3. The molecule has 0 radical (unpaired) electrons. The molecule has 0 fully saturated rings. The fourth-order valence-electron chi connectivity index (χ4n) is 12.0. The lowest BCUT2D eigenvalue weighted by molar-refractivity contribution is 1.06. The van der Waals surface area contributed by atoms with E-state index in [-0.39, 0.29) is 0 Å². The third-order valence-corrected chi connectivity index (χ3v) is 19.3. The first-order valence-electron chi connectivity index (χ1n) is 30.5. The molecule has 1 aliphatic carbocycles. The Kier molecular flexibility index (Phi) is 15.4.